The predicted molar refractivity (Wildman–Crippen MR) is 178 cm³/mol. The number of oxime groups is 1. The molecule has 1 aliphatic carbocycles. The Hall–Kier alpha value is -3.72. The van der Waals surface area contributed by atoms with Gasteiger partial charge in [0, 0.05) is 35.9 Å². The van der Waals surface area contributed by atoms with Crippen LogP contribution in [0.3, 0.4) is 0 Å². The van der Waals surface area contributed by atoms with E-state index in [0.29, 0.717) is 42.8 Å². The highest BCUT2D eigenvalue weighted by molar-refractivity contribution is 6.38. The molecule has 3 atom stereocenters. The fourth-order valence-corrected chi connectivity index (χ4v) is 6.68. The SMILES string of the molecule is CCC[C@H](NC(=O)[C@@H]1C[C@]2(CC(c3cccc(Cl)c3)=NO2)CN1C(=O)CCCCCc1ccc(C)cc1C)C(=O)C(=O)NC1CC1. The second kappa shape index (κ2) is 14.8. The Morgan fingerprint density at radius 1 is 1.09 bits per heavy atom. The number of hydrogen-bond acceptors (Lipinski definition) is 6. The molecule has 2 aliphatic heterocycles. The van der Waals surface area contributed by atoms with Gasteiger partial charge in [-0.1, -0.05) is 72.4 Å². The number of unbranched alkanes of at least 4 members (excludes halogenated alkanes) is 2. The van der Waals surface area contributed by atoms with Crippen molar-refractivity contribution in [1.82, 2.24) is 15.5 Å². The molecule has 246 valence electrons. The molecule has 2 heterocycles. The first-order chi connectivity index (χ1) is 22.1. The molecular formula is C36H45ClN4O5. The molecule has 5 rings (SSSR count). The van der Waals surface area contributed by atoms with Gasteiger partial charge in [0.15, 0.2) is 5.60 Å². The molecule has 3 aliphatic rings. The average Bonchev–Trinajstić information content (AvgIpc) is 3.62. The topological polar surface area (TPSA) is 117 Å². The minimum Gasteiger partial charge on any atom is -0.387 e. The van der Waals surface area contributed by atoms with Crippen molar-refractivity contribution in [2.75, 3.05) is 6.54 Å². The Morgan fingerprint density at radius 3 is 2.61 bits per heavy atom. The van der Waals surface area contributed by atoms with Crippen LogP contribution >= 0.6 is 11.6 Å². The van der Waals surface area contributed by atoms with Crippen LogP contribution in [0, 0.1) is 13.8 Å². The number of nitrogens with zero attached hydrogens (tertiary/aromatic N) is 2. The molecule has 0 aromatic heterocycles. The third-order valence-electron chi connectivity index (χ3n) is 9.20. The number of rotatable bonds is 14. The molecule has 1 spiro atoms. The van der Waals surface area contributed by atoms with E-state index in [1.54, 1.807) is 11.0 Å². The van der Waals surface area contributed by atoms with E-state index in [-0.39, 0.29) is 24.9 Å². The average molecular weight is 649 g/mol. The van der Waals surface area contributed by atoms with E-state index in [1.165, 1.54) is 16.7 Å². The number of likely N-dealkylation sites (tertiary alicyclic amines) is 1. The van der Waals surface area contributed by atoms with Crippen LogP contribution in [0.25, 0.3) is 0 Å². The summed E-state index contributed by atoms with van der Waals surface area (Å²) in [5.41, 5.74) is 4.52. The number of carbonyl (C=O) groups excluding carboxylic acids is 4. The first-order valence-electron chi connectivity index (χ1n) is 16.6. The van der Waals surface area contributed by atoms with Crippen molar-refractivity contribution in [2.45, 2.75) is 115 Å². The quantitative estimate of drug-likeness (QED) is 0.211. The van der Waals surface area contributed by atoms with E-state index in [2.05, 4.69) is 47.8 Å². The number of aryl methyl sites for hydroxylation is 3. The number of nitrogens with one attached hydrogen (secondary N) is 2. The maximum atomic E-state index is 13.8. The number of amides is 3. The van der Waals surface area contributed by atoms with Gasteiger partial charge in [-0.05, 0) is 75.6 Å². The molecule has 9 nitrogen and oxygen atoms in total. The van der Waals surface area contributed by atoms with Crippen LogP contribution in [-0.2, 0) is 30.4 Å². The monoisotopic (exact) mass is 648 g/mol. The predicted octanol–water partition coefficient (Wildman–Crippen LogP) is 5.36. The van der Waals surface area contributed by atoms with Crippen molar-refractivity contribution in [1.29, 1.82) is 0 Å². The Balaban J connectivity index is 1.25. The fourth-order valence-electron chi connectivity index (χ4n) is 6.49. The van der Waals surface area contributed by atoms with Crippen LogP contribution in [-0.4, -0.2) is 64.4 Å². The Labute approximate surface area is 276 Å². The minimum absolute atomic E-state index is 0.0337. The fraction of sp³-hybridized carbons (Fsp3) is 0.528. The second-order valence-corrected chi connectivity index (χ2v) is 13.6. The highest BCUT2D eigenvalue weighted by atomic mass is 35.5. The van der Waals surface area contributed by atoms with Crippen molar-refractivity contribution < 1.29 is 24.0 Å². The molecule has 2 fully saturated rings. The lowest BCUT2D eigenvalue weighted by Crippen LogP contribution is -2.53. The van der Waals surface area contributed by atoms with Gasteiger partial charge in [0.25, 0.3) is 5.91 Å². The first kappa shape index (κ1) is 33.6. The van der Waals surface area contributed by atoms with E-state index in [0.717, 1.165) is 37.7 Å². The lowest BCUT2D eigenvalue weighted by Gasteiger charge is -2.26. The molecule has 0 unspecified atom stereocenters. The maximum absolute atomic E-state index is 13.8. The Kier molecular flexibility index (Phi) is 10.8. The number of halogens is 1. The lowest BCUT2D eigenvalue weighted by atomic mass is 9.91. The molecule has 10 heteroatoms. The molecule has 1 saturated heterocycles. The van der Waals surface area contributed by atoms with Crippen LogP contribution in [0.4, 0.5) is 0 Å². The number of benzene rings is 2. The summed E-state index contributed by atoms with van der Waals surface area (Å²) in [5.74, 6) is -1.91. The van der Waals surface area contributed by atoms with Gasteiger partial charge in [0.1, 0.15) is 6.04 Å². The number of Topliss-reactive ketones (excluding diaryl/α,β-unsaturated/α-hetero) is 1. The smallest absolute Gasteiger partial charge is 0.289 e. The number of hydrogen-bond donors (Lipinski definition) is 2. The third kappa shape index (κ3) is 8.35. The van der Waals surface area contributed by atoms with Gasteiger partial charge in [0.05, 0.1) is 18.3 Å². The van der Waals surface area contributed by atoms with Gasteiger partial charge in [-0.2, -0.15) is 0 Å². The van der Waals surface area contributed by atoms with E-state index >= 15 is 0 Å². The molecule has 2 N–H and O–H groups in total. The Bertz CT molecular complexity index is 1500. The van der Waals surface area contributed by atoms with E-state index < -0.39 is 35.3 Å². The van der Waals surface area contributed by atoms with Crippen LogP contribution in [0.2, 0.25) is 5.02 Å². The summed E-state index contributed by atoms with van der Waals surface area (Å²) in [4.78, 5) is 60.7. The molecule has 0 radical (unpaired) electrons. The molecule has 46 heavy (non-hydrogen) atoms. The highest BCUT2D eigenvalue weighted by Crippen LogP contribution is 2.39. The summed E-state index contributed by atoms with van der Waals surface area (Å²) in [5, 5.41) is 10.5. The zero-order valence-electron chi connectivity index (χ0n) is 27.1. The van der Waals surface area contributed by atoms with Crippen molar-refractivity contribution in [3.8, 4) is 0 Å². The van der Waals surface area contributed by atoms with Gasteiger partial charge in [-0.15, -0.1) is 0 Å². The summed E-state index contributed by atoms with van der Waals surface area (Å²) < 4.78 is 0. The third-order valence-corrected chi connectivity index (χ3v) is 9.44. The van der Waals surface area contributed by atoms with Crippen LogP contribution in [0.1, 0.15) is 93.4 Å². The normalized spacial score (nSPS) is 21.1. The molecule has 2 aromatic rings. The van der Waals surface area contributed by atoms with Crippen molar-refractivity contribution >= 4 is 40.8 Å². The highest BCUT2D eigenvalue weighted by Gasteiger charge is 2.54. The van der Waals surface area contributed by atoms with Gasteiger partial charge in [-0.25, -0.2) is 0 Å². The molecule has 3 amide bonds. The summed E-state index contributed by atoms with van der Waals surface area (Å²) in [6.07, 6.45) is 7.10. The molecule has 0 bridgehead atoms. The van der Waals surface area contributed by atoms with Gasteiger partial charge in [-0.3, -0.25) is 19.2 Å². The van der Waals surface area contributed by atoms with Gasteiger partial charge in [0.2, 0.25) is 17.6 Å². The second-order valence-electron chi connectivity index (χ2n) is 13.2. The Morgan fingerprint density at radius 2 is 1.89 bits per heavy atom. The van der Waals surface area contributed by atoms with Crippen LogP contribution < -0.4 is 10.6 Å². The minimum atomic E-state index is -0.960. The molecule has 1 saturated carbocycles. The summed E-state index contributed by atoms with van der Waals surface area (Å²) >= 11 is 6.22. The summed E-state index contributed by atoms with van der Waals surface area (Å²) in [6.45, 7) is 6.32. The van der Waals surface area contributed by atoms with Crippen LogP contribution in [0.5, 0.6) is 0 Å². The van der Waals surface area contributed by atoms with Crippen LogP contribution in [0.15, 0.2) is 47.6 Å². The standard InChI is InChI=1S/C36H45ClN4O5/c1-4-9-29(33(43)35(45)38-28-16-17-28)39-34(44)31-21-36(20-30(40-46-36)26-11-8-12-27(37)19-26)22-41(31)32(42)13-7-5-6-10-25-15-14-23(2)18-24(25)3/h8,11-12,14-15,18-19,28-29,31H,4-7,9-10,13,16-17,20-22H2,1-3H3,(H,38,45)(H,39,44)/t29-,31-,36+/m0/s1. The number of ketones is 1. The number of carbonyl (C=O) groups is 4. The van der Waals surface area contributed by atoms with Gasteiger partial charge < -0.3 is 20.4 Å². The van der Waals surface area contributed by atoms with Crippen molar-refractivity contribution in [3.63, 3.8) is 0 Å². The van der Waals surface area contributed by atoms with Crippen molar-refractivity contribution in [2.24, 2.45) is 5.16 Å². The molecule has 2 aromatic carbocycles. The maximum Gasteiger partial charge on any atom is 0.289 e. The van der Waals surface area contributed by atoms with Gasteiger partial charge >= 0.3 is 0 Å². The van der Waals surface area contributed by atoms with Crippen molar-refractivity contribution in [3.05, 3.63) is 69.7 Å². The van der Waals surface area contributed by atoms with E-state index in [9.17, 15) is 19.2 Å². The lowest BCUT2D eigenvalue weighted by molar-refractivity contribution is -0.142. The molecular weight excluding hydrogens is 604 g/mol. The van der Waals surface area contributed by atoms with E-state index in [1.807, 2.05) is 25.1 Å². The van der Waals surface area contributed by atoms with E-state index in [4.69, 9.17) is 16.4 Å². The zero-order valence-corrected chi connectivity index (χ0v) is 27.8. The largest absolute Gasteiger partial charge is 0.387 e. The summed E-state index contributed by atoms with van der Waals surface area (Å²) in [6, 6.07) is 12.1. The first-order valence-corrected chi connectivity index (χ1v) is 17.0. The zero-order chi connectivity index (χ0) is 32.8. The summed E-state index contributed by atoms with van der Waals surface area (Å²) in [7, 11) is 0.